The van der Waals surface area contributed by atoms with E-state index >= 15 is 0 Å². The molecule has 24 heavy (non-hydrogen) atoms. The maximum absolute atomic E-state index is 13.0. The third-order valence-electron chi connectivity index (χ3n) is 3.54. The summed E-state index contributed by atoms with van der Waals surface area (Å²) in [5.41, 5.74) is 2.34. The minimum atomic E-state index is -1.10. The number of anilines is 1. The number of carbonyl (C=O) groups is 2. The molecule has 7 heteroatoms. The minimum Gasteiger partial charge on any atom is -0.478 e. The Hall–Kier alpha value is -3.22. The van der Waals surface area contributed by atoms with Gasteiger partial charge in [0.25, 0.3) is 0 Å². The van der Waals surface area contributed by atoms with E-state index in [1.165, 1.54) is 31.2 Å². The van der Waals surface area contributed by atoms with Gasteiger partial charge in [-0.1, -0.05) is 12.1 Å². The van der Waals surface area contributed by atoms with Crippen molar-refractivity contribution in [3.05, 3.63) is 59.7 Å². The second-order valence-corrected chi connectivity index (χ2v) is 5.38. The monoisotopic (exact) mass is 327 g/mol. The Bertz CT molecular complexity index is 932. The molecule has 0 saturated carbocycles. The smallest absolute Gasteiger partial charge is 0.335 e. The van der Waals surface area contributed by atoms with E-state index in [9.17, 15) is 19.1 Å². The molecule has 3 rings (SSSR count). The van der Waals surface area contributed by atoms with Gasteiger partial charge in [0.2, 0.25) is 5.91 Å². The average Bonchev–Trinajstić information content (AvgIpc) is 2.92. The molecule has 0 spiro atoms. The summed E-state index contributed by atoms with van der Waals surface area (Å²) in [5.74, 6) is -1.73. The van der Waals surface area contributed by atoms with Crippen LogP contribution in [-0.4, -0.2) is 26.5 Å². The van der Waals surface area contributed by atoms with Crippen molar-refractivity contribution >= 4 is 28.6 Å². The van der Waals surface area contributed by atoms with Gasteiger partial charge in [0.05, 0.1) is 28.6 Å². The normalized spacial score (nSPS) is 10.8. The topological polar surface area (TPSA) is 84.2 Å². The third-order valence-corrected chi connectivity index (χ3v) is 3.54. The Morgan fingerprint density at radius 1 is 1.25 bits per heavy atom. The Labute approximate surface area is 136 Å². The highest BCUT2D eigenvalue weighted by atomic mass is 19.1. The molecule has 0 fully saturated rings. The zero-order chi connectivity index (χ0) is 17.3. The first-order valence-electron chi connectivity index (χ1n) is 7.18. The number of carboxylic acids is 1. The Morgan fingerprint density at radius 2 is 1.96 bits per heavy atom. The fourth-order valence-corrected chi connectivity index (χ4v) is 2.52. The van der Waals surface area contributed by atoms with Crippen LogP contribution in [0, 0.1) is 5.82 Å². The van der Waals surface area contributed by atoms with E-state index in [-0.39, 0.29) is 17.3 Å². The molecule has 0 saturated heterocycles. The highest BCUT2D eigenvalue weighted by Crippen LogP contribution is 2.26. The molecule has 2 aromatic carbocycles. The number of carboxylic acid groups (broad SMARTS) is 1. The molecule has 0 aliphatic rings. The van der Waals surface area contributed by atoms with E-state index in [1.807, 2.05) is 0 Å². The molecular weight excluding hydrogens is 313 g/mol. The van der Waals surface area contributed by atoms with E-state index < -0.39 is 5.97 Å². The summed E-state index contributed by atoms with van der Waals surface area (Å²) in [6.45, 7) is 1.76. The average molecular weight is 327 g/mol. The molecule has 0 aliphatic carbocycles. The summed E-state index contributed by atoms with van der Waals surface area (Å²) < 4.78 is 14.8. The quantitative estimate of drug-likeness (QED) is 0.772. The van der Waals surface area contributed by atoms with Gasteiger partial charge in [0.15, 0.2) is 0 Å². The summed E-state index contributed by atoms with van der Waals surface area (Å²) >= 11 is 0. The molecule has 0 unspecified atom stereocenters. The number of nitrogens with zero attached hydrogens (tertiary/aromatic N) is 2. The van der Waals surface area contributed by atoms with E-state index in [0.29, 0.717) is 23.3 Å². The fraction of sp³-hybridized carbons (Fsp3) is 0.118. The predicted molar refractivity (Wildman–Crippen MR) is 86.5 cm³/mol. The van der Waals surface area contributed by atoms with Crippen molar-refractivity contribution < 1.29 is 19.1 Å². The summed E-state index contributed by atoms with van der Waals surface area (Å²) in [4.78, 5) is 26.9. The van der Waals surface area contributed by atoms with Crippen LogP contribution < -0.4 is 5.32 Å². The van der Waals surface area contributed by atoms with E-state index in [0.717, 1.165) is 5.56 Å². The summed E-state index contributed by atoms with van der Waals surface area (Å²) in [6, 6.07) is 8.90. The predicted octanol–water partition coefficient (Wildman–Crippen LogP) is 2.88. The van der Waals surface area contributed by atoms with Crippen LogP contribution in [0.2, 0.25) is 0 Å². The van der Waals surface area contributed by atoms with Gasteiger partial charge in [-0.3, -0.25) is 4.79 Å². The van der Waals surface area contributed by atoms with E-state index in [2.05, 4.69) is 10.3 Å². The number of benzene rings is 2. The minimum absolute atomic E-state index is 0.0401. The molecular formula is C17H14FN3O3. The van der Waals surface area contributed by atoms with Gasteiger partial charge < -0.3 is 15.0 Å². The number of hydrogen-bond donors (Lipinski definition) is 2. The lowest BCUT2D eigenvalue weighted by molar-refractivity contribution is -0.114. The molecule has 1 heterocycles. The Kier molecular flexibility index (Phi) is 3.99. The van der Waals surface area contributed by atoms with Gasteiger partial charge >= 0.3 is 5.97 Å². The van der Waals surface area contributed by atoms with Crippen LogP contribution >= 0.6 is 0 Å². The second-order valence-electron chi connectivity index (χ2n) is 5.38. The van der Waals surface area contributed by atoms with E-state index in [1.54, 1.807) is 23.0 Å². The van der Waals surface area contributed by atoms with Crippen LogP contribution in [0.1, 0.15) is 22.8 Å². The molecule has 1 aromatic heterocycles. The van der Waals surface area contributed by atoms with Crippen LogP contribution in [0.15, 0.2) is 42.7 Å². The molecule has 6 nitrogen and oxygen atoms in total. The van der Waals surface area contributed by atoms with Gasteiger partial charge in [-0.2, -0.15) is 0 Å². The molecule has 2 N–H and O–H groups in total. The van der Waals surface area contributed by atoms with Crippen molar-refractivity contribution in [2.75, 3.05) is 5.32 Å². The highest BCUT2D eigenvalue weighted by molar-refractivity contribution is 6.03. The van der Waals surface area contributed by atoms with Gasteiger partial charge in [-0.05, 0) is 29.8 Å². The van der Waals surface area contributed by atoms with Crippen LogP contribution in [0.5, 0.6) is 0 Å². The Balaban J connectivity index is 2.10. The van der Waals surface area contributed by atoms with Crippen molar-refractivity contribution in [1.82, 2.24) is 9.55 Å². The number of amides is 1. The van der Waals surface area contributed by atoms with Gasteiger partial charge in [-0.25, -0.2) is 14.2 Å². The molecule has 3 aromatic rings. The molecule has 0 aliphatic heterocycles. The summed E-state index contributed by atoms with van der Waals surface area (Å²) in [6.07, 6.45) is 1.56. The number of hydrogen-bond acceptors (Lipinski definition) is 3. The number of halogens is 1. The Morgan fingerprint density at radius 3 is 2.58 bits per heavy atom. The number of aromatic carboxylic acids is 1. The first-order valence-corrected chi connectivity index (χ1v) is 7.18. The van der Waals surface area contributed by atoms with Crippen LogP contribution in [0.4, 0.5) is 10.1 Å². The number of aromatic nitrogens is 2. The number of fused-ring (bicyclic) bond motifs is 1. The number of rotatable bonds is 4. The molecule has 1 amide bonds. The maximum atomic E-state index is 13.0. The van der Waals surface area contributed by atoms with Crippen molar-refractivity contribution in [2.45, 2.75) is 13.5 Å². The first kappa shape index (κ1) is 15.7. The standard InChI is InChI=1S/C17H14FN3O3/c1-10(22)20-15-7-12(17(23)24)6-14-16(15)21(9-19-14)8-11-2-4-13(18)5-3-11/h2-7,9H,8H2,1H3,(H,20,22)(H,23,24). The van der Waals surface area contributed by atoms with Crippen molar-refractivity contribution in [1.29, 1.82) is 0 Å². The number of nitrogens with one attached hydrogen (secondary N) is 1. The fourth-order valence-electron chi connectivity index (χ4n) is 2.52. The maximum Gasteiger partial charge on any atom is 0.335 e. The lowest BCUT2D eigenvalue weighted by Gasteiger charge is -2.10. The zero-order valence-electron chi connectivity index (χ0n) is 12.8. The molecule has 122 valence electrons. The van der Waals surface area contributed by atoms with Crippen molar-refractivity contribution in [2.24, 2.45) is 0 Å². The van der Waals surface area contributed by atoms with Crippen LogP contribution in [0.25, 0.3) is 11.0 Å². The van der Waals surface area contributed by atoms with Gasteiger partial charge in [0, 0.05) is 13.5 Å². The summed E-state index contributed by atoms with van der Waals surface area (Å²) in [7, 11) is 0. The highest BCUT2D eigenvalue weighted by Gasteiger charge is 2.15. The van der Waals surface area contributed by atoms with Crippen LogP contribution in [0.3, 0.4) is 0 Å². The molecule has 0 atom stereocenters. The first-order chi connectivity index (χ1) is 11.4. The zero-order valence-corrected chi connectivity index (χ0v) is 12.8. The van der Waals surface area contributed by atoms with Gasteiger partial charge in [0.1, 0.15) is 5.82 Å². The van der Waals surface area contributed by atoms with Gasteiger partial charge in [-0.15, -0.1) is 0 Å². The van der Waals surface area contributed by atoms with Crippen LogP contribution in [-0.2, 0) is 11.3 Å². The summed E-state index contributed by atoms with van der Waals surface area (Å²) in [5, 5.41) is 11.8. The lowest BCUT2D eigenvalue weighted by Crippen LogP contribution is -2.10. The number of imidazole rings is 1. The van der Waals surface area contributed by atoms with Crippen molar-refractivity contribution in [3.63, 3.8) is 0 Å². The van der Waals surface area contributed by atoms with Crippen molar-refractivity contribution in [3.8, 4) is 0 Å². The SMILES string of the molecule is CC(=O)Nc1cc(C(=O)O)cc2ncn(Cc3ccc(F)cc3)c12. The van der Waals surface area contributed by atoms with E-state index in [4.69, 9.17) is 0 Å². The molecule has 0 bridgehead atoms. The molecule has 0 radical (unpaired) electrons. The number of carbonyl (C=O) groups excluding carboxylic acids is 1. The second kappa shape index (κ2) is 6.11. The largest absolute Gasteiger partial charge is 0.478 e. The lowest BCUT2D eigenvalue weighted by atomic mass is 10.1. The third kappa shape index (κ3) is 3.10.